The van der Waals surface area contributed by atoms with Gasteiger partial charge in [-0.05, 0) is 31.2 Å². The molecule has 0 atom stereocenters. The number of amides is 1. The summed E-state index contributed by atoms with van der Waals surface area (Å²) in [7, 11) is 0. The van der Waals surface area contributed by atoms with Crippen molar-refractivity contribution in [2.45, 2.75) is 13.5 Å². The maximum absolute atomic E-state index is 12.4. The molecule has 6 nitrogen and oxygen atoms in total. The molecule has 2 aromatic heterocycles. The first-order chi connectivity index (χ1) is 9.74. The van der Waals surface area contributed by atoms with Crippen molar-refractivity contribution in [1.82, 2.24) is 14.9 Å². The summed E-state index contributed by atoms with van der Waals surface area (Å²) in [4.78, 5) is 22.4. The highest BCUT2D eigenvalue weighted by Gasteiger charge is 2.15. The van der Waals surface area contributed by atoms with Crippen LogP contribution in [-0.4, -0.2) is 27.3 Å². The highest BCUT2D eigenvalue weighted by atomic mass is 16.2. The van der Waals surface area contributed by atoms with Gasteiger partial charge in [-0.15, -0.1) is 0 Å². The lowest BCUT2D eigenvalue weighted by atomic mass is 10.2. The molecule has 0 aliphatic rings. The fourth-order valence-corrected chi connectivity index (χ4v) is 1.80. The molecule has 0 radical (unpaired) electrons. The summed E-state index contributed by atoms with van der Waals surface area (Å²) < 4.78 is 0. The third-order valence-electron chi connectivity index (χ3n) is 2.91. The van der Waals surface area contributed by atoms with Gasteiger partial charge in [0.05, 0.1) is 17.8 Å². The van der Waals surface area contributed by atoms with Gasteiger partial charge in [-0.3, -0.25) is 9.78 Å². The minimum absolute atomic E-state index is 0.0748. The van der Waals surface area contributed by atoms with E-state index in [0.717, 1.165) is 5.69 Å². The van der Waals surface area contributed by atoms with Crippen LogP contribution in [0.2, 0.25) is 0 Å². The predicted molar refractivity (Wildman–Crippen MR) is 76.7 cm³/mol. The summed E-state index contributed by atoms with van der Waals surface area (Å²) >= 11 is 0. The standard InChI is InChI=1S/C14H17N5O/c1-2-19(10-12-5-3-4-8-16-12)14(20)11-6-7-13(18-15)17-9-11/h3-9H,2,10,15H2,1H3,(H,17,18). The summed E-state index contributed by atoms with van der Waals surface area (Å²) in [5, 5.41) is 0. The van der Waals surface area contributed by atoms with E-state index in [-0.39, 0.29) is 5.91 Å². The molecule has 0 aromatic carbocycles. The van der Waals surface area contributed by atoms with Crippen molar-refractivity contribution < 1.29 is 4.79 Å². The first-order valence-corrected chi connectivity index (χ1v) is 6.36. The molecular weight excluding hydrogens is 254 g/mol. The van der Waals surface area contributed by atoms with Gasteiger partial charge in [-0.2, -0.15) is 0 Å². The smallest absolute Gasteiger partial charge is 0.255 e. The molecule has 6 heteroatoms. The van der Waals surface area contributed by atoms with Crippen LogP contribution in [0.25, 0.3) is 0 Å². The fourth-order valence-electron chi connectivity index (χ4n) is 1.80. The van der Waals surface area contributed by atoms with Crippen LogP contribution in [0.15, 0.2) is 42.7 Å². The van der Waals surface area contributed by atoms with Crippen LogP contribution in [-0.2, 0) is 6.54 Å². The second kappa shape index (κ2) is 6.63. The van der Waals surface area contributed by atoms with Crippen molar-refractivity contribution in [1.29, 1.82) is 0 Å². The van der Waals surface area contributed by atoms with E-state index >= 15 is 0 Å². The van der Waals surface area contributed by atoms with E-state index in [1.807, 2.05) is 25.1 Å². The number of nitrogens with one attached hydrogen (secondary N) is 1. The zero-order valence-electron chi connectivity index (χ0n) is 11.3. The number of nitrogens with zero attached hydrogens (tertiary/aromatic N) is 3. The number of nitrogens with two attached hydrogens (primary N) is 1. The number of carbonyl (C=O) groups excluding carboxylic acids is 1. The van der Waals surface area contributed by atoms with Gasteiger partial charge in [-0.1, -0.05) is 6.07 Å². The minimum atomic E-state index is -0.0748. The summed E-state index contributed by atoms with van der Waals surface area (Å²) in [6.45, 7) is 3.02. The summed E-state index contributed by atoms with van der Waals surface area (Å²) in [6.07, 6.45) is 3.23. The Morgan fingerprint density at radius 1 is 1.30 bits per heavy atom. The van der Waals surface area contributed by atoms with E-state index < -0.39 is 0 Å². The number of nitrogen functional groups attached to an aromatic ring is 1. The minimum Gasteiger partial charge on any atom is -0.333 e. The van der Waals surface area contributed by atoms with Gasteiger partial charge in [0.1, 0.15) is 5.82 Å². The van der Waals surface area contributed by atoms with Crippen LogP contribution < -0.4 is 11.3 Å². The number of hydrogen-bond donors (Lipinski definition) is 2. The number of rotatable bonds is 5. The third kappa shape index (κ3) is 3.30. The zero-order valence-corrected chi connectivity index (χ0v) is 11.3. The molecule has 0 aliphatic heterocycles. The molecule has 104 valence electrons. The zero-order chi connectivity index (χ0) is 14.4. The Morgan fingerprint density at radius 2 is 2.15 bits per heavy atom. The summed E-state index contributed by atoms with van der Waals surface area (Å²) in [5.74, 6) is 5.70. The second-order valence-electron chi connectivity index (χ2n) is 4.22. The average Bonchev–Trinajstić information content (AvgIpc) is 2.53. The second-order valence-corrected chi connectivity index (χ2v) is 4.22. The van der Waals surface area contributed by atoms with Gasteiger partial charge >= 0.3 is 0 Å². The molecule has 3 N–H and O–H groups in total. The Hall–Kier alpha value is -2.47. The number of hydrazine groups is 1. The van der Waals surface area contributed by atoms with Crippen molar-refractivity contribution in [3.05, 3.63) is 54.0 Å². The van der Waals surface area contributed by atoms with Gasteiger partial charge in [0.2, 0.25) is 0 Å². The van der Waals surface area contributed by atoms with Crippen molar-refractivity contribution in [2.75, 3.05) is 12.0 Å². The van der Waals surface area contributed by atoms with Crippen molar-refractivity contribution in [3.8, 4) is 0 Å². The summed E-state index contributed by atoms with van der Waals surface area (Å²) in [5.41, 5.74) is 3.82. The molecule has 2 heterocycles. The molecule has 0 fully saturated rings. The molecule has 1 amide bonds. The lowest BCUT2D eigenvalue weighted by Gasteiger charge is -2.20. The van der Waals surface area contributed by atoms with Crippen LogP contribution in [0.3, 0.4) is 0 Å². The van der Waals surface area contributed by atoms with Gasteiger partial charge in [0.15, 0.2) is 0 Å². The van der Waals surface area contributed by atoms with E-state index in [0.29, 0.717) is 24.5 Å². The number of aromatic nitrogens is 2. The molecule has 2 rings (SSSR count). The first kappa shape index (κ1) is 14.0. The number of pyridine rings is 2. The van der Waals surface area contributed by atoms with Gasteiger partial charge in [0, 0.05) is 18.9 Å². The first-order valence-electron chi connectivity index (χ1n) is 6.36. The molecule has 0 spiro atoms. The number of hydrogen-bond acceptors (Lipinski definition) is 5. The molecule has 0 unspecified atom stereocenters. The Labute approximate surface area is 117 Å². The maximum Gasteiger partial charge on any atom is 0.255 e. The van der Waals surface area contributed by atoms with Crippen molar-refractivity contribution in [3.63, 3.8) is 0 Å². The number of carbonyl (C=O) groups is 1. The molecule has 2 aromatic rings. The van der Waals surface area contributed by atoms with Crippen LogP contribution in [0.1, 0.15) is 23.0 Å². The fraction of sp³-hybridized carbons (Fsp3) is 0.214. The molecule has 0 saturated carbocycles. The highest BCUT2D eigenvalue weighted by molar-refractivity contribution is 5.94. The third-order valence-corrected chi connectivity index (χ3v) is 2.91. The Kier molecular flexibility index (Phi) is 4.62. The summed E-state index contributed by atoms with van der Waals surface area (Å²) in [6, 6.07) is 9.02. The van der Waals surface area contributed by atoms with E-state index in [1.165, 1.54) is 6.20 Å². The van der Waals surface area contributed by atoms with Crippen LogP contribution >= 0.6 is 0 Å². The Balaban J connectivity index is 2.12. The van der Waals surface area contributed by atoms with Crippen LogP contribution in [0.5, 0.6) is 0 Å². The van der Waals surface area contributed by atoms with E-state index in [4.69, 9.17) is 5.84 Å². The van der Waals surface area contributed by atoms with E-state index in [1.54, 1.807) is 23.2 Å². The lowest BCUT2D eigenvalue weighted by Crippen LogP contribution is -2.30. The van der Waals surface area contributed by atoms with E-state index in [2.05, 4.69) is 15.4 Å². The van der Waals surface area contributed by atoms with Crippen LogP contribution in [0, 0.1) is 0 Å². The predicted octanol–water partition coefficient (Wildman–Crippen LogP) is 1.42. The number of anilines is 1. The quantitative estimate of drug-likeness (QED) is 0.634. The highest BCUT2D eigenvalue weighted by Crippen LogP contribution is 2.09. The Bertz CT molecular complexity index is 556. The average molecular weight is 271 g/mol. The van der Waals surface area contributed by atoms with E-state index in [9.17, 15) is 4.79 Å². The monoisotopic (exact) mass is 271 g/mol. The Morgan fingerprint density at radius 3 is 2.70 bits per heavy atom. The largest absolute Gasteiger partial charge is 0.333 e. The van der Waals surface area contributed by atoms with Crippen molar-refractivity contribution >= 4 is 11.7 Å². The maximum atomic E-state index is 12.4. The topological polar surface area (TPSA) is 84.1 Å². The molecule has 0 saturated heterocycles. The van der Waals surface area contributed by atoms with Gasteiger partial charge in [0.25, 0.3) is 5.91 Å². The van der Waals surface area contributed by atoms with Crippen LogP contribution in [0.4, 0.5) is 5.82 Å². The molecular formula is C14H17N5O. The van der Waals surface area contributed by atoms with Gasteiger partial charge in [-0.25, -0.2) is 10.8 Å². The van der Waals surface area contributed by atoms with Crippen molar-refractivity contribution in [2.24, 2.45) is 5.84 Å². The molecule has 20 heavy (non-hydrogen) atoms. The van der Waals surface area contributed by atoms with Gasteiger partial charge < -0.3 is 10.3 Å². The SMILES string of the molecule is CCN(Cc1ccccn1)C(=O)c1ccc(NN)nc1. The molecule has 0 bridgehead atoms. The normalized spacial score (nSPS) is 10.1. The molecule has 0 aliphatic carbocycles. The lowest BCUT2D eigenvalue weighted by molar-refractivity contribution is 0.0750.